The number of nitrogens with zero attached hydrogens (tertiary/aromatic N) is 1. The number of nitrogens with one attached hydrogen (secondary N) is 1. The molecule has 0 unspecified atom stereocenters. The van der Waals surface area contributed by atoms with Gasteiger partial charge in [-0.15, -0.1) is 12.4 Å². The summed E-state index contributed by atoms with van der Waals surface area (Å²) >= 11 is 0. The molecule has 0 aromatic heterocycles. The van der Waals surface area contributed by atoms with Gasteiger partial charge in [-0.25, -0.2) is 0 Å². The van der Waals surface area contributed by atoms with E-state index < -0.39 is 0 Å². The van der Waals surface area contributed by atoms with E-state index in [0.717, 1.165) is 30.9 Å². The van der Waals surface area contributed by atoms with Gasteiger partial charge >= 0.3 is 0 Å². The minimum absolute atomic E-state index is 0. The summed E-state index contributed by atoms with van der Waals surface area (Å²) in [5.74, 6) is 2.14. The van der Waals surface area contributed by atoms with E-state index in [9.17, 15) is 0 Å². The van der Waals surface area contributed by atoms with Crippen molar-refractivity contribution in [3.05, 3.63) is 17.7 Å². The third kappa shape index (κ3) is 4.18. The third-order valence-corrected chi connectivity index (χ3v) is 4.18. The standard InChI is InChI=1S/C16H26N2O3.ClH/c1-17-13-7-9-18(10-8-13)11-12-5-6-14(19-2)16(21-4)15(12)20-3;/h5-6,13,17H,7-11H2,1-4H3;1H. The zero-order valence-corrected chi connectivity index (χ0v) is 14.7. The van der Waals surface area contributed by atoms with Crippen LogP contribution < -0.4 is 19.5 Å². The van der Waals surface area contributed by atoms with Gasteiger partial charge in [0, 0.05) is 18.2 Å². The van der Waals surface area contributed by atoms with Crippen LogP contribution in [0.1, 0.15) is 18.4 Å². The number of hydrogen-bond acceptors (Lipinski definition) is 5. The monoisotopic (exact) mass is 330 g/mol. The smallest absolute Gasteiger partial charge is 0.203 e. The summed E-state index contributed by atoms with van der Waals surface area (Å²) in [5, 5.41) is 3.36. The van der Waals surface area contributed by atoms with Crippen molar-refractivity contribution >= 4 is 12.4 Å². The molecule has 0 aliphatic carbocycles. The molecule has 1 aromatic rings. The zero-order valence-electron chi connectivity index (χ0n) is 13.8. The van der Waals surface area contributed by atoms with Gasteiger partial charge in [0.1, 0.15) is 0 Å². The highest BCUT2D eigenvalue weighted by Crippen LogP contribution is 2.40. The Kier molecular flexibility index (Phi) is 7.79. The van der Waals surface area contributed by atoms with Gasteiger partial charge in [-0.05, 0) is 39.0 Å². The van der Waals surface area contributed by atoms with E-state index >= 15 is 0 Å². The zero-order chi connectivity index (χ0) is 15.2. The molecule has 1 heterocycles. The number of methoxy groups -OCH3 is 3. The summed E-state index contributed by atoms with van der Waals surface area (Å²) in [4.78, 5) is 2.46. The summed E-state index contributed by atoms with van der Waals surface area (Å²) < 4.78 is 16.3. The molecule has 2 rings (SSSR count). The van der Waals surface area contributed by atoms with Crippen molar-refractivity contribution in [1.29, 1.82) is 0 Å². The Morgan fingerprint density at radius 2 is 1.68 bits per heavy atom. The second kappa shape index (κ2) is 9.08. The van der Waals surface area contributed by atoms with Gasteiger partial charge < -0.3 is 19.5 Å². The van der Waals surface area contributed by atoms with Crippen LogP contribution in [0.3, 0.4) is 0 Å². The van der Waals surface area contributed by atoms with Gasteiger partial charge in [-0.3, -0.25) is 4.90 Å². The minimum atomic E-state index is 0. The van der Waals surface area contributed by atoms with Crippen LogP contribution in [0.15, 0.2) is 12.1 Å². The molecule has 0 atom stereocenters. The van der Waals surface area contributed by atoms with Crippen LogP contribution in [0.25, 0.3) is 0 Å². The second-order valence-electron chi connectivity index (χ2n) is 5.33. The molecular weight excluding hydrogens is 304 g/mol. The van der Waals surface area contributed by atoms with Crippen molar-refractivity contribution < 1.29 is 14.2 Å². The fourth-order valence-corrected chi connectivity index (χ4v) is 2.91. The number of rotatable bonds is 6. The molecule has 1 aliphatic rings. The van der Waals surface area contributed by atoms with Crippen LogP contribution in [-0.4, -0.2) is 52.4 Å². The molecule has 6 heteroatoms. The van der Waals surface area contributed by atoms with Crippen LogP contribution in [0.2, 0.25) is 0 Å². The van der Waals surface area contributed by atoms with Gasteiger partial charge in [-0.2, -0.15) is 0 Å². The predicted octanol–water partition coefficient (Wildman–Crippen LogP) is 2.32. The second-order valence-corrected chi connectivity index (χ2v) is 5.33. The van der Waals surface area contributed by atoms with Gasteiger partial charge in [0.25, 0.3) is 0 Å². The average Bonchev–Trinajstić information content (AvgIpc) is 2.54. The lowest BCUT2D eigenvalue weighted by Gasteiger charge is -2.32. The minimum Gasteiger partial charge on any atom is -0.493 e. The van der Waals surface area contributed by atoms with E-state index in [1.54, 1.807) is 21.3 Å². The molecule has 0 spiro atoms. The number of benzene rings is 1. The Hall–Kier alpha value is -1.17. The molecular formula is C16H27ClN2O3. The van der Waals surface area contributed by atoms with E-state index in [2.05, 4.69) is 16.3 Å². The number of hydrogen-bond donors (Lipinski definition) is 1. The van der Waals surface area contributed by atoms with Crippen molar-refractivity contribution in [1.82, 2.24) is 10.2 Å². The van der Waals surface area contributed by atoms with Crippen LogP contribution in [-0.2, 0) is 6.54 Å². The van der Waals surface area contributed by atoms with Crippen LogP contribution >= 0.6 is 12.4 Å². The quantitative estimate of drug-likeness (QED) is 0.867. The third-order valence-electron chi connectivity index (χ3n) is 4.18. The van der Waals surface area contributed by atoms with E-state index in [1.165, 1.54) is 12.8 Å². The van der Waals surface area contributed by atoms with Gasteiger partial charge in [0.15, 0.2) is 11.5 Å². The van der Waals surface area contributed by atoms with Crippen LogP contribution in [0, 0.1) is 0 Å². The Balaban J connectivity index is 0.00000242. The maximum atomic E-state index is 5.55. The van der Waals surface area contributed by atoms with E-state index in [1.807, 2.05) is 13.1 Å². The molecule has 0 amide bonds. The molecule has 0 radical (unpaired) electrons. The first kappa shape index (κ1) is 18.9. The lowest BCUT2D eigenvalue weighted by Crippen LogP contribution is -2.40. The first-order valence-corrected chi connectivity index (χ1v) is 7.41. The largest absolute Gasteiger partial charge is 0.493 e. The van der Waals surface area contributed by atoms with E-state index in [4.69, 9.17) is 14.2 Å². The van der Waals surface area contributed by atoms with E-state index in [-0.39, 0.29) is 12.4 Å². The normalized spacial score (nSPS) is 16.0. The summed E-state index contributed by atoms with van der Waals surface area (Å²) in [5.41, 5.74) is 1.14. The molecule has 126 valence electrons. The lowest BCUT2D eigenvalue weighted by atomic mass is 10.0. The molecule has 1 aromatic carbocycles. The van der Waals surface area contributed by atoms with Crippen LogP contribution in [0.5, 0.6) is 17.2 Å². The topological polar surface area (TPSA) is 43.0 Å². The molecule has 0 bridgehead atoms. The highest BCUT2D eigenvalue weighted by atomic mass is 35.5. The number of ether oxygens (including phenoxy) is 3. The van der Waals surface area contributed by atoms with Gasteiger partial charge in [0.05, 0.1) is 21.3 Å². The number of piperidine rings is 1. The van der Waals surface area contributed by atoms with Crippen molar-refractivity contribution in [2.45, 2.75) is 25.4 Å². The highest BCUT2D eigenvalue weighted by Gasteiger charge is 2.21. The Morgan fingerprint density at radius 1 is 1.05 bits per heavy atom. The SMILES string of the molecule is CNC1CCN(Cc2ccc(OC)c(OC)c2OC)CC1.Cl. The van der Waals surface area contributed by atoms with Gasteiger partial charge in [0.2, 0.25) is 5.75 Å². The molecule has 1 N–H and O–H groups in total. The summed E-state index contributed by atoms with van der Waals surface area (Å²) in [6.45, 7) is 3.08. The Morgan fingerprint density at radius 3 is 2.18 bits per heavy atom. The molecule has 5 nitrogen and oxygen atoms in total. The van der Waals surface area contributed by atoms with Gasteiger partial charge in [-0.1, -0.05) is 6.07 Å². The molecule has 1 saturated heterocycles. The maximum Gasteiger partial charge on any atom is 0.203 e. The predicted molar refractivity (Wildman–Crippen MR) is 90.7 cm³/mol. The fraction of sp³-hybridized carbons (Fsp3) is 0.625. The van der Waals surface area contributed by atoms with E-state index in [0.29, 0.717) is 17.5 Å². The maximum absolute atomic E-state index is 5.55. The molecule has 1 fully saturated rings. The van der Waals surface area contributed by atoms with Crippen molar-refractivity contribution in [3.8, 4) is 17.2 Å². The number of halogens is 1. The summed E-state index contributed by atoms with van der Waals surface area (Å²) in [6, 6.07) is 4.65. The first-order valence-electron chi connectivity index (χ1n) is 7.41. The fourth-order valence-electron chi connectivity index (χ4n) is 2.91. The molecule has 1 aliphatic heterocycles. The van der Waals surface area contributed by atoms with Crippen molar-refractivity contribution in [2.75, 3.05) is 41.5 Å². The summed E-state index contributed by atoms with van der Waals surface area (Å²) in [7, 11) is 6.99. The molecule has 22 heavy (non-hydrogen) atoms. The van der Waals surface area contributed by atoms with Crippen LogP contribution in [0.4, 0.5) is 0 Å². The van der Waals surface area contributed by atoms with Crippen molar-refractivity contribution in [3.63, 3.8) is 0 Å². The molecule has 0 saturated carbocycles. The Bertz CT molecular complexity index is 463. The number of likely N-dealkylation sites (tertiary alicyclic amines) is 1. The lowest BCUT2D eigenvalue weighted by molar-refractivity contribution is 0.192. The first-order chi connectivity index (χ1) is 10.2. The summed E-state index contributed by atoms with van der Waals surface area (Å²) in [6.07, 6.45) is 2.37. The highest BCUT2D eigenvalue weighted by molar-refractivity contribution is 5.85. The Labute approximate surface area is 139 Å². The van der Waals surface area contributed by atoms with Crippen molar-refractivity contribution in [2.24, 2.45) is 0 Å². The average molecular weight is 331 g/mol.